The lowest BCUT2D eigenvalue weighted by molar-refractivity contribution is -0.114. The van der Waals surface area contributed by atoms with Gasteiger partial charge in [-0.3, -0.25) is 14.6 Å². The molecule has 0 spiro atoms. The number of likely N-dealkylation sites (tertiary alicyclic amines) is 1. The van der Waals surface area contributed by atoms with Crippen LogP contribution in [-0.4, -0.2) is 62.8 Å². The Kier molecular flexibility index (Phi) is 7.73. The molecular formula is C30H33FN4O4S. The number of nitrogens with one attached hydrogen (secondary N) is 1. The van der Waals surface area contributed by atoms with E-state index in [-0.39, 0.29) is 11.7 Å². The average molecular weight is 565 g/mol. The van der Waals surface area contributed by atoms with Crippen LogP contribution in [0.25, 0.3) is 0 Å². The molecule has 2 unspecified atom stereocenters. The maximum absolute atomic E-state index is 15.3. The van der Waals surface area contributed by atoms with E-state index in [1.54, 1.807) is 17.0 Å². The minimum atomic E-state index is -0.484. The van der Waals surface area contributed by atoms with E-state index in [1.165, 1.54) is 29.9 Å². The van der Waals surface area contributed by atoms with Crippen molar-refractivity contribution in [1.29, 1.82) is 0 Å². The number of halogens is 1. The van der Waals surface area contributed by atoms with Crippen LogP contribution in [0.4, 0.5) is 26.2 Å². The molecule has 3 heterocycles. The molecule has 3 aliphatic rings. The van der Waals surface area contributed by atoms with E-state index in [2.05, 4.69) is 10.2 Å². The highest BCUT2D eigenvalue weighted by molar-refractivity contribution is 7.11. The molecule has 2 amide bonds. The fraction of sp³-hybridized carbons (Fsp3) is 0.400. The lowest BCUT2D eigenvalue weighted by Gasteiger charge is -2.30. The van der Waals surface area contributed by atoms with Crippen LogP contribution in [0, 0.1) is 23.6 Å². The molecule has 1 N–H and O–H groups in total. The standard InChI is InChI=1S/C30H33FN4O4S/c1-20(36)32-22-6-4-21(5-7-22)16-33-17-24-25(18-33)26(24)19-35(30(37)39-29-3-2-14-40-29)23-8-9-28(27(31)15-23)34-10-12-38-13-11-34/h2-9,14-15,24-26H,10-13,16-19H2,1H3,(H,32,36). The van der Waals surface area contributed by atoms with E-state index >= 15 is 4.39 Å². The van der Waals surface area contributed by atoms with Crippen LogP contribution < -0.4 is 19.9 Å². The molecule has 1 aromatic heterocycles. The summed E-state index contributed by atoms with van der Waals surface area (Å²) in [6, 6.07) is 16.6. The Hall–Kier alpha value is -3.47. The number of rotatable bonds is 8. The van der Waals surface area contributed by atoms with Crippen LogP contribution >= 0.6 is 11.3 Å². The largest absolute Gasteiger partial charge is 0.420 e. The van der Waals surface area contributed by atoms with Crippen molar-refractivity contribution in [2.75, 3.05) is 61.1 Å². The Morgan fingerprint density at radius 2 is 1.85 bits per heavy atom. The maximum atomic E-state index is 15.3. The van der Waals surface area contributed by atoms with Gasteiger partial charge >= 0.3 is 6.09 Å². The SMILES string of the molecule is CC(=O)Nc1ccc(CN2CC3C(C2)C3CN(C(=O)Oc2cccs2)c2ccc(N3CCOCC3)c(F)c2)cc1. The van der Waals surface area contributed by atoms with Gasteiger partial charge in [0.15, 0.2) is 5.06 Å². The summed E-state index contributed by atoms with van der Waals surface area (Å²) in [6.07, 6.45) is -0.484. The smallest absolute Gasteiger partial charge is 0.399 e. The zero-order chi connectivity index (χ0) is 27.6. The van der Waals surface area contributed by atoms with E-state index in [0.29, 0.717) is 67.0 Å². The molecule has 2 aliphatic heterocycles. The number of amides is 2. The number of piperidine rings is 1. The molecule has 3 aromatic rings. The van der Waals surface area contributed by atoms with Gasteiger partial charge in [-0.1, -0.05) is 12.1 Å². The van der Waals surface area contributed by atoms with Crippen LogP contribution in [0.2, 0.25) is 0 Å². The number of nitrogens with zero attached hydrogens (tertiary/aromatic N) is 3. The fourth-order valence-corrected chi connectivity index (χ4v) is 6.54. The van der Waals surface area contributed by atoms with Crippen LogP contribution in [0.1, 0.15) is 12.5 Å². The van der Waals surface area contributed by atoms with Gasteiger partial charge < -0.3 is 19.7 Å². The molecule has 3 fully saturated rings. The van der Waals surface area contributed by atoms with E-state index in [1.807, 2.05) is 46.7 Å². The third-order valence-electron chi connectivity index (χ3n) is 8.02. The Bertz CT molecular complexity index is 1330. The van der Waals surface area contributed by atoms with Crippen molar-refractivity contribution in [3.63, 3.8) is 0 Å². The number of anilines is 3. The highest BCUT2D eigenvalue weighted by Crippen LogP contribution is 2.52. The minimum absolute atomic E-state index is 0.0810. The monoisotopic (exact) mass is 564 g/mol. The van der Waals surface area contributed by atoms with Gasteiger partial charge in [0.1, 0.15) is 5.82 Å². The van der Waals surface area contributed by atoms with Gasteiger partial charge in [0.2, 0.25) is 5.91 Å². The van der Waals surface area contributed by atoms with Gasteiger partial charge in [0.25, 0.3) is 0 Å². The summed E-state index contributed by atoms with van der Waals surface area (Å²) in [6.45, 7) is 7.19. The Labute approximate surface area is 237 Å². The Morgan fingerprint density at radius 3 is 2.50 bits per heavy atom. The molecule has 0 bridgehead atoms. The predicted molar refractivity (Wildman–Crippen MR) is 154 cm³/mol. The second-order valence-corrected chi connectivity index (χ2v) is 11.6. The second kappa shape index (κ2) is 11.6. The molecule has 2 aromatic carbocycles. The predicted octanol–water partition coefficient (Wildman–Crippen LogP) is 5.07. The van der Waals surface area contributed by atoms with Gasteiger partial charge in [-0.25, -0.2) is 9.18 Å². The third-order valence-corrected chi connectivity index (χ3v) is 8.76. The summed E-state index contributed by atoms with van der Waals surface area (Å²) < 4.78 is 26.3. The van der Waals surface area contributed by atoms with E-state index < -0.39 is 6.09 Å². The Balaban J connectivity index is 1.11. The van der Waals surface area contributed by atoms with Crippen molar-refractivity contribution in [3.05, 3.63) is 71.4 Å². The molecule has 1 aliphatic carbocycles. The molecule has 210 valence electrons. The van der Waals surface area contributed by atoms with Crippen molar-refractivity contribution in [1.82, 2.24) is 4.90 Å². The molecule has 6 rings (SSSR count). The lowest BCUT2D eigenvalue weighted by atomic mass is 10.1. The number of ether oxygens (including phenoxy) is 2. The summed E-state index contributed by atoms with van der Waals surface area (Å²) in [4.78, 5) is 30.6. The number of fused-ring (bicyclic) bond motifs is 1. The van der Waals surface area contributed by atoms with E-state index in [4.69, 9.17) is 9.47 Å². The number of carbonyl (C=O) groups excluding carboxylic acids is 2. The van der Waals surface area contributed by atoms with Crippen molar-refractivity contribution in [3.8, 4) is 5.06 Å². The summed E-state index contributed by atoms with van der Waals surface area (Å²) in [7, 11) is 0. The molecule has 0 radical (unpaired) electrons. The number of morpholine rings is 1. The molecule has 8 nitrogen and oxygen atoms in total. The molecule has 2 atom stereocenters. The molecule has 2 saturated heterocycles. The summed E-state index contributed by atoms with van der Waals surface area (Å²) in [5, 5.41) is 5.18. The zero-order valence-electron chi connectivity index (χ0n) is 22.4. The fourth-order valence-electron chi connectivity index (χ4n) is 5.97. The summed E-state index contributed by atoms with van der Waals surface area (Å²) in [5.74, 6) is 0.903. The zero-order valence-corrected chi connectivity index (χ0v) is 23.2. The quantitative estimate of drug-likeness (QED) is 0.412. The number of carbonyl (C=O) groups is 2. The van der Waals surface area contributed by atoms with Gasteiger partial charge in [0.05, 0.1) is 24.6 Å². The first-order valence-electron chi connectivity index (χ1n) is 13.7. The van der Waals surface area contributed by atoms with Crippen LogP contribution in [-0.2, 0) is 16.1 Å². The van der Waals surface area contributed by atoms with Crippen LogP contribution in [0.5, 0.6) is 5.06 Å². The van der Waals surface area contributed by atoms with Crippen LogP contribution in [0.3, 0.4) is 0 Å². The third kappa shape index (κ3) is 5.99. The normalized spacial score (nSPS) is 22.1. The van der Waals surface area contributed by atoms with E-state index in [0.717, 1.165) is 25.3 Å². The number of hydrogen-bond acceptors (Lipinski definition) is 7. The highest BCUT2D eigenvalue weighted by atomic mass is 32.1. The number of thiophene rings is 1. The first-order chi connectivity index (χ1) is 19.4. The van der Waals surface area contributed by atoms with Crippen molar-refractivity contribution < 1.29 is 23.5 Å². The van der Waals surface area contributed by atoms with Gasteiger partial charge in [-0.15, -0.1) is 11.3 Å². The lowest BCUT2D eigenvalue weighted by Crippen LogP contribution is -2.38. The first kappa shape index (κ1) is 26.7. The van der Waals surface area contributed by atoms with E-state index in [9.17, 15) is 9.59 Å². The summed E-state index contributed by atoms with van der Waals surface area (Å²) >= 11 is 1.35. The highest BCUT2D eigenvalue weighted by Gasteiger charge is 2.56. The van der Waals surface area contributed by atoms with Crippen molar-refractivity contribution in [2.24, 2.45) is 17.8 Å². The van der Waals surface area contributed by atoms with Crippen molar-refractivity contribution >= 4 is 40.4 Å². The topological polar surface area (TPSA) is 74.4 Å². The molecular weight excluding hydrogens is 531 g/mol. The molecule has 40 heavy (non-hydrogen) atoms. The Morgan fingerprint density at radius 1 is 1.10 bits per heavy atom. The first-order valence-corrected chi connectivity index (χ1v) is 14.6. The maximum Gasteiger partial charge on any atom is 0.420 e. The molecule has 10 heteroatoms. The summed E-state index contributed by atoms with van der Waals surface area (Å²) in [5.41, 5.74) is 3.04. The van der Waals surface area contributed by atoms with Crippen molar-refractivity contribution in [2.45, 2.75) is 13.5 Å². The number of benzene rings is 2. The molecule has 1 saturated carbocycles. The van der Waals surface area contributed by atoms with Crippen LogP contribution in [0.15, 0.2) is 60.0 Å². The van der Waals surface area contributed by atoms with Gasteiger partial charge in [0, 0.05) is 51.9 Å². The second-order valence-electron chi connectivity index (χ2n) is 10.7. The minimum Gasteiger partial charge on any atom is -0.399 e. The average Bonchev–Trinajstić information content (AvgIpc) is 3.28. The number of hydrogen-bond donors (Lipinski definition) is 1. The van der Waals surface area contributed by atoms with Gasteiger partial charge in [-0.2, -0.15) is 0 Å². The van der Waals surface area contributed by atoms with Gasteiger partial charge in [-0.05, 0) is 71.2 Å².